The molecule has 0 radical (unpaired) electrons. The summed E-state index contributed by atoms with van der Waals surface area (Å²) >= 11 is 0. The molecule has 4 heteroatoms. The normalized spacial score (nSPS) is 22.7. The Labute approximate surface area is 111 Å². The van der Waals surface area contributed by atoms with Crippen LogP contribution in [0.25, 0.3) is 0 Å². The minimum Gasteiger partial charge on any atom is -0.444 e. The standard InChI is InChI=1S/C14H27NO3/c1-6-11(2)9-12-10-15(7-8-17-12)13(16)18-14(3,4)5/h11-12H,6-10H2,1-5H3. The monoisotopic (exact) mass is 257 g/mol. The summed E-state index contributed by atoms with van der Waals surface area (Å²) in [6.07, 6.45) is 2.09. The molecule has 4 nitrogen and oxygen atoms in total. The highest BCUT2D eigenvalue weighted by molar-refractivity contribution is 5.68. The number of ether oxygens (including phenoxy) is 2. The van der Waals surface area contributed by atoms with Crippen LogP contribution >= 0.6 is 0 Å². The molecule has 2 atom stereocenters. The van der Waals surface area contributed by atoms with Gasteiger partial charge in [0.05, 0.1) is 19.3 Å². The Morgan fingerprint density at radius 2 is 2.17 bits per heavy atom. The van der Waals surface area contributed by atoms with Gasteiger partial charge in [-0.15, -0.1) is 0 Å². The lowest BCUT2D eigenvalue weighted by Gasteiger charge is -2.35. The molecule has 1 amide bonds. The highest BCUT2D eigenvalue weighted by atomic mass is 16.6. The van der Waals surface area contributed by atoms with Crippen molar-refractivity contribution in [1.82, 2.24) is 4.90 Å². The van der Waals surface area contributed by atoms with Gasteiger partial charge in [0, 0.05) is 6.54 Å². The van der Waals surface area contributed by atoms with Crippen molar-refractivity contribution in [2.24, 2.45) is 5.92 Å². The van der Waals surface area contributed by atoms with Crippen LogP contribution < -0.4 is 0 Å². The van der Waals surface area contributed by atoms with Gasteiger partial charge in [0.2, 0.25) is 0 Å². The Hall–Kier alpha value is -0.770. The lowest BCUT2D eigenvalue weighted by molar-refractivity contribution is -0.0489. The van der Waals surface area contributed by atoms with Crippen LogP contribution in [0.3, 0.4) is 0 Å². The van der Waals surface area contributed by atoms with Crippen molar-refractivity contribution in [3.63, 3.8) is 0 Å². The number of hydrogen-bond donors (Lipinski definition) is 0. The van der Waals surface area contributed by atoms with E-state index in [9.17, 15) is 4.79 Å². The van der Waals surface area contributed by atoms with Crippen molar-refractivity contribution in [2.45, 2.75) is 59.2 Å². The molecule has 0 spiro atoms. The van der Waals surface area contributed by atoms with Gasteiger partial charge >= 0.3 is 6.09 Å². The molecule has 0 aromatic rings. The van der Waals surface area contributed by atoms with E-state index < -0.39 is 5.60 Å². The van der Waals surface area contributed by atoms with Crippen LogP contribution in [0.1, 0.15) is 47.5 Å². The smallest absolute Gasteiger partial charge is 0.410 e. The third-order valence-corrected chi connectivity index (χ3v) is 3.15. The van der Waals surface area contributed by atoms with E-state index in [4.69, 9.17) is 9.47 Å². The molecule has 1 heterocycles. The predicted octanol–water partition coefficient (Wildman–Crippen LogP) is 3.06. The average molecular weight is 257 g/mol. The van der Waals surface area contributed by atoms with Gasteiger partial charge in [-0.3, -0.25) is 0 Å². The first-order chi connectivity index (χ1) is 8.31. The van der Waals surface area contributed by atoms with Crippen LogP contribution in [-0.4, -0.2) is 42.4 Å². The number of nitrogens with zero attached hydrogens (tertiary/aromatic N) is 1. The SMILES string of the molecule is CCC(C)CC1CN(C(=O)OC(C)(C)C)CCO1. The van der Waals surface area contributed by atoms with E-state index in [2.05, 4.69) is 13.8 Å². The van der Waals surface area contributed by atoms with Gasteiger partial charge < -0.3 is 14.4 Å². The second-order valence-corrected chi connectivity index (χ2v) is 6.17. The second kappa shape index (κ2) is 6.41. The molecule has 0 saturated carbocycles. The van der Waals surface area contributed by atoms with Crippen LogP contribution in [0.2, 0.25) is 0 Å². The summed E-state index contributed by atoms with van der Waals surface area (Å²) in [4.78, 5) is 13.7. The molecule has 0 aromatic heterocycles. The Morgan fingerprint density at radius 3 is 2.72 bits per heavy atom. The van der Waals surface area contributed by atoms with Crippen LogP contribution in [0.4, 0.5) is 4.79 Å². The van der Waals surface area contributed by atoms with Crippen molar-refractivity contribution in [3.05, 3.63) is 0 Å². The van der Waals surface area contributed by atoms with Crippen molar-refractivity contribution < 1.29 is 14.3 Å². The van der Waals surface area contributed by atoms with Crippen LogP contribution in [0, 0.1) is 5.92 Å². The number of carbonyl (C=O) groups is 1. The first-order valence-electron chi connectivity index (χ1n) is 6.91. The molecule has 0 aromatic carbocycles. The summed E-state index contributed by atoms with van der Waals surface area (Å²) < 4.78 is 11.1. The van der Waals surface area contributed by atoms with Crippen LogP contribution in [0.5, 0.6) is 0 Å². The molecule has 0 bridgehead atoms. The summed E-state index contributed by atoms with van der Waals surface area (Å²) in [6.45, 7) is 12.0. The molecule has 106 valence electrons. The third kappa shape index (κ3) is 5.25. The molecule has 0 N–H and O–H groups in total. The van der Waals surface area contributed by atoms with E-state index in [0.717, 1.165) is 12.8 Å². The van der Waals surface area contributed by atoms with Crippen molar-refractivity contribution in [3.8, 4) is 0 Å². The maximum Gasteiger partial charge on any atom is 0.410 e. The molecule has 18 heavy (non-hydrogen) atoms. The molecular formula is C14H27NO3. The molecule has 1 aliphatic heterocycles. The van der Waals surface area contributed by atoms with Gasteiger partial charge in [0.1, 0.15) is 5.60 Å². The maximum absolute atomic E-state index is 12.0. The lowest BCUT2D eigenvalue weighted by Crippen LogP contribution is -2.47. The zero-order valence-corrected chi connectivity index (χ0v) is 12.4. The number of hydrogen-bond acceptors (Lipinski definition) is 3. The van der Waals surface area contributed by atoms with Gasteiger partial charge in [0.25, 0.3) is 0 Å². The molecular weight excluding hydrogens is 230 g/mol. The summed E-state index contributed by atoms with van der Waals surface area (Å²) in [5, 5.41) is 0. The van der Waals surface area contributed by atoms with Gasteiger partial charge in [-0.25, -0.2) is 4.79 Å². The van der Waals surface area contributed by atoms with E-state index >= 15 is 0 Å². The molecule has 1 rings (SSSR count). The van der Waals surface area contributed by atoms with E-state index in [0.29, 0.717) is 25.6 Å². The van der Waals surface area contributed by atoms with Gasteiger partial charge in [-0.1, -0.05) is 20.3 Å². The summed E-state index contributed by atoms with van der Waals surface area (Å²) in [7, 11) is 0. The lowest BCUT2D eigenvalue weighted by atomic mass is 10.0. The topological polar surface area (TPSA) is 38.8 Å². The van der Waals surface area contributed by atoms with Crippen LogP contribution in [-0.2, 0) is 9.47 Å². The largest absolute Gasteiger partial charge is 0.444 e. The Morgan fingerprint density at radius 1 is 1.50 bits per heavy atom. The van der Waals surface area contributed by atoms with E-state index in [1.54, 1.807) is 4.90 Å². The summed E-state index contributed by atoms with van der Waals surface area (Å²) in [5.41, 5.74) is -0.429. The zero-order chi connectivity index (χ0) is 13.8. The molecule has 1 saturated heterocycles. The highest BCUT2D eigenvalue weighted by Gasteiger charge is 2.28. The third-order valence-electron chi connectivity index (χ3n) is 3.15. The van der Waals surface area contributed by atoms with E-state index in [-0.39, 0.29) is 12.2 Å². The van der Waals surface area contributed by atoms with Gasteiger partial charge in [-0.05, 0) is 33.1 Å². The van der Waals surface area contributed by atoms with Crippen molar-refractivity contribution in [1.29, 1.82) is 0 Å². The maximum atomic E-state index is 12.0. The van der Waals surface area contributed by atoms with Gasteiger partial charge in [0.15, 0.2) is 0 Å². The fraction of sp³-hybridized carbons (Fsp3) is 0.929. The molecule has 1 aliphatic rings. The number of amides is 1. The fourth-order valence-electron chi connectivity index (χ4n) is 1.97. The van der Waals surface area contributed by atoms with E-state index in [1.807, 2.05) is 20.8 Å². The number of morpholine rings is 1. The zero-order valence-electron chi connectivity index (χ0n) is 12.4. The molecule has 2 unspecified atom stereocenters. The minimum absolute atomic E-state index is 0.154. The second-order valence-electron chi connectivity index (χ2n) is 6.17. The van der Waals surface area contributed by atoms with Crippen molar-refractivity contribution in [2.75, 3.05) is 19.7 Å². The quantitative estimate of drug-likeness (QED) is 0.780. The number of rotatable bonds is 3. The highest BCUT2D eigenvalue weighted by Crippen LogP contribution is 2.18. The van der Waals surface area contributed by atoms with E-state index in [1.165, 1.54) is 0 Å². The predicted molar refractivity (Wildman–Crippen MR) is 71.6 cm³/mol. The van der Waals surface area contributed by atoms with Gasteiger partial charge in [-0.2, -0.15) is 0 Å². The number of carbonyl (C=O) groups excluding carboxylic acids is 1. The van der Waals surface area contributed by atoms with Crippen molar-refractivity contribution >= 4 is 6.09 Å². The Kier molecular flexibility index (Phi) is 5.45. The summed E-state index contributed by atoms with van der Waals surface area (Å²) in [5.74, 6) is 0.633. The molecule has 1 fully saturated rings. The minimum atomic E-state index is -0.429. The fourth-order valence-corrected chi connectivity index (χ4v) is 1.97. The average Bonchev–Trinajstić information content (AvgIpc) is 2.27. The Balaban J connectivity index is 2.45. The first-order valence-corrected chi connectivity index (χ1v) is 6.91. The first kappa shape index (κ1) is 15.3. The molecule has 0 aliphatic carbocycles. The summed E-state index contributed by atoms with van der Waals surface area (Å²) in [6, 6.07) is 0. The van der Waals surface area contributed by atoms with Crippen LogP contribution in [0.15, 0.2) is 0 Å². The Bertz CT molecular complexity index is 273.